The normalized spacial score (nSPS) is 15.1. The lowest BCUT2D eigenvalue weighted by molar-refractivity contribution is 0.0302. The summed E-state index contributed by atoms with van der Waals surface area (Å²) in [5.74, 6) is 0.365. The Kier molecular flexibility index (Phi) is 6.99. The van der Waals surface area contributed by atoms with E-state index in [4.69, 9.17) is 31.0 Å². The van der Waals surface area contributed by atoms with Crippen LogP contribution >= 0.6 is 11.6 Å². The van der Waals surface area contributed by atoms with E-state index in [1.165, 1.54) is 0 Å². The summed E-state index contributed by atoms with van der Waals surface area (Å²) < 4.78 is 10.8. The van der Waals surface area contributed by atoms with Gasteiger partial charge >= 0.3 is 0 Å². The van der Waals surface area contributed by atoms with E-state index in [0.717, 1.165) is 11.4 Å². The summed E-state index contributed by atoms with van der Waals surface area (Å²) in [5.41, 5.74) is 5.31. The number of amides is 2. The molecule has 2 aliphatic rings. The van der Waals surface area contributed by atoms with Crippen LogP contribution in [-0.4, -0.2) is 72.0 Å². The maximum Gasteiger partial charge on any atom is 0.257 e. The second kappa shape index (κ2) is 10.4. The van der Waals surface area contributed by atoms with Gasteiger partial charge in [0.05, 0.1) is 65.8 Å². The topological polar surface area (TPSA) is 96.9 Å². The molecule has 192 valence electrons. The van der Waals surface area contributed by atoms with Gasteiger partial charge < -0.3 is 24.6 Å². The van der Waals surface area contributed by atoms with Gasteiger partial charge in [-0.05, 0) is 37.3 Å². The Balaban J connectivity index is 1.45. The molecule has 1 fully saturated rings. The number of ether oxygens (including phenoxy) is 2. The number of benzene rings is 1. The number of carbonyl (C=O) groups excluding carboxylic acids is 2. The molecule has 5 rings (SSSR count). The summed E-state index contributed by atoms with van der Waals surface area (Å²) in [4.78, 5) is 38.8. The first-order chi connectivity index (χ1) is 17.9. The third-order valence-corrected chi connectivity index (χ3v) is 6.87. The van der Waals surface area contributed by atoms with E-state index in [1.54, 1.807) is 30.0 Å². The van der Waals surface area contributed by atoms with Gasteiger partial charge in [0.2, 0.25) is 0 Å². The fraction of sp³-hybridized carbons (Fsp3) is 0.333. The monoisotopic (exact) mass is 521 g/mol. The Hall–Kier alpha value is -3.69. The van der Waals surface area contributed by atoms with E-state index in [9.17, 15) is 9.59 Å². The van der Waals surface area contributed by atoms with E-state index >= 15 is 0 Å². The molecule has 9 nitrogen and oxygen atoms in total. The van der Waals surface area contributed by atoms with Crippen LogP contribution in [0.2, 0.25) is 5.02 Å². The van der Waals surface area contributed by atoms with Crippen LogP contribution in [0.1, 0.15) is 43.5 Å². The molecule has 2 aromatic heterocycles. The minimum Gasteiger partial charge on any atom is -0.493 e. The predicted octanol–water partition coefficient (Wildman–Crippen LogP) is 3.84. The largest absolute Gasteiger partial charge is 0.493 e. The molecule has 0 spiro atoms. The molecular formula is C27H28ClN5O4. The lowest BCUT2D eigenvalue weighted by Crippen LogP contribution is -2.41. The van der Waals surface area contributed by atoms with Crippen molar-refractivity contribution in [1.29, 1.82) is 0 Å². The van der Waals surface area contributed by atoms with E-state index < -0.39 is 0 Å². The number of anilines is 2. The molecule has 1 N–H and O–H groups in total. The van der Waals surface area contributed by atoms with Crippen LogP contribution in [0.4, 0.5) is 11.4 Å². The molecule has 0 unspecified atom stereocenters. The first-order valence-corrected chi connectivity index (χ1v) is 12.4. The van der Waals surface area contributed by atoms with Gasteiger partial charge in [0.25, 0.3) is 11.8 Å². The first kappa shape index (κ1) is 25.0. The molecule has 10 heteroatoms. The maximum atomic E-state index is 12.9. The number of fused-ring (bicyclic) bond motifs is 1. The van der Waals surface area contributed by atoms with Crippen molar-refractivity contribution in [2.24, 2.45) is 0 Å². The SMILES string of the molecule is COc1c(Cl)cccc1Nc1cc(Cc2ccc(C(=O)N3CCOCC3)c(C)n2)nc2c1C(=O)N(C)C2. The lowest BCUT2D eigenvalue weighted by Gasteiger charge is -2.27. The molecule has 4 heterocycles. The van der Waals surface area contributed by atoms with Crippen LogP contribution in [0, 0.1) is 6.92 Å². The van der Waals surface area contributed by atoms with E-state index in [-0.39, 0.29) is 11.8 Å². The third-order valence-electron chi connectivity index (χ3n) is 6.57. The van der Waals surface area contributed by atoms with Crippen LogP contribution in [-0.2, 0) is 17.7 Å². The molecule has 0 saturated carbocycles. The van der Waals surface area contributed by atoms with Crippen LogP contribution < -0.4 is 10.1 Å². The van der Waals surface area contributed by atoms with Crippen molar-refractivity contribution < 1.29 is 19.1 Å². The van der Waals surface area contributed by atoms with Gasteiger partial charge in [0.1, 0.15) is 0 Å². The van der Waals surface area contributed by atoms with Crippen LogP contribution in [0.3, 0.4) is 0 Å². The van der Waals surface area contributed by atoms with Crippen molar-refractivity contribution in [2.45, 2.75) is 19.9 Å². The summed E-state index contributed by atoms with van der Waals surface area (Å²) >= 11 is 6.31. The molecule has 3 aromatic rings. The highest BCUT2D eigenvalue weighted by Gasteiger charge is 2.30. The maximum absolute atomic E-state index is 12.9. The second-order valence-electron chi connectivity index (χ2n) is 9.11. The number of pyridine rings is 2. The number of methoxy groups -OCH3 is 1. The second-order valence-corrected chi connectivity index (χ2v) is 9.51. The molecule has 2 aliphatic heterocycles. The third kappa shape index (κ3) is 4.97. The van der Waals surface area contributed by atoms with Gasteiger partial charge in [-0.15, -0.1) is 0 Å². The van der Waals surface area contributed by atoms with Crippen molar-refractivity contribution in [3.8, 4) is 5.75 Å². The number of hydrogen-bond acceptors (Lipinski definition) is 7. The number of para-hydroxylation sites is 1. The number of hydrogen-bond donors (Lipinski definition) is 1. The summed E-state index contributed by atoms with van der Waals surface area (Å²) in [6, 6.07) is 11.0. The van der Waals surface area contributed by atoms with Crippen LogP contribution in [0.5, 0.6) is 5.75 Å². The average Bonchev–Trinajstić information content (AvgIpc) is 3.17. The Morgan fingerprint density at radius 3 is 2.65 bits per heavy atom. The highest BCUT2D eigenvalue weighted by Crippen LogP contribution is 2.37. The Bertz CT molecular complexity index is 1370. The van der Waals surface area contributed by atoms with Crippen LogP contribution in [0.25, 0.3) is 0 Å². The standard InChI is InChI=1S/C27H28ClN5O4/c1-16-19(26(34)33-9-11-37-12-10-33)8-7-17(29-16)13-18-14-22(24-23(30-18)15-32(2)27(24)35)31-21-6-4-5-20(28)25(21)36-3/h4-8,14H,9-13,15H2,1-3H3,(H,30,31). The van der Waals surface area contributed by atoms with Gasteiger partial charge in [0.15, 0.2) is 5.75 Å². The summed E-state index contributed by atoms with van der Waals surface area (Å²) in [6.45, 7) is 4.53. The summed E-state index contributed by atoms with van der Waals surface area (Å²) in [5, 5.41) is 3.80. The van der Waals surface area contributed by atoms with Gasteiger partial charge in [-0.25, -0.2) is 0 Å². The van der Waals surface area contributed by atoms with E-state index in [2.05, 4.69) is 5.32 Å². The quantitative estimate of drug-likeness (QED) is 0.526. The Morgan fingerprint density at radius 1 is 1.14 bits per heavy atom. The lowest BCUT2D eigenvalue weighted by atomic mass is 10.1. The van der Waals surface area contributed by atoms with Gasteiger partial charge in [-0.1, -0.05) is 17.7 Å². The Morgan fingerprint density at radius 2 is 1.92 bits per heavy atom. The van der Waals surface area contributed by atoms with E-state index in [1.807, 2.05) is 37.3 Å². The zero-order valence-electron chi connectivity index (χ0n) is 21.0. The molecule has 1 aromatic carbocycles. The number of aromatic nitrogens is 2. The smallest absolute Gasteiger partial charge is 0.257 e. The van der Waals surface area contributed by atoms with Crippen molar-refractivity contribution in [1.82, 2.24) is 19.8 Å². The molecule has 2 amide bonds. The molecule has 37 heavy (non-hydrogen) atoms. The van der Waals surface area contributed by atoms with Crippen molar-refractivity contribution in [2.75, 3.05) is 45.8 Å². The van der Waals surface area contributed by atoms with Crippen molar-refractivity contribution >= 4 is 34.8 Å². The summed E-state index contributed by atoms with van der Waals surface area (Å²) in [6.07, 6.45) is 0.444. The molecule has 0 radical (unpaired) electrons. The fourth-order valence-corrected chi connectivity index (χ4v) is 4.96. The van der Waals surface area contributed by atoms with E-state index in [0.29, 0.717) is 83.9 Å². The number of halogens is 1. The highest BCUT2D eigenvalue weighted by atomic mass is 35.5. The van der Waals surface area contributed by atoms with Gasteiger partial charge in [-0.3, -0.25) is 19.6 Å². The number of rotatable bonds is 6. The van der Waals surface area contributed by atoms with Crippen LogP contribution in [0.15, 0.2) is 36.4 Å². The molecule has 0 aliphatic carbocycles. The van der Waals surface area contributed by atoms with Gasteiger partial charge in [-0.2, -0.15) is 0 Å². The number of nitrogens with zero attached hydrogens (tertiary/aromatic N) is 4. The highest BCUT2D eigenvalue weighted by molar-refractivity contribution is 6.32. The first-order valence-electron chi connectivity index (χ1n) is 12.1. The molecule has 0 bridgehead atoms. The van der Waals surface area contributed by atoms with Crippen molar-refractivity contribution in [3.63, 3.8) is 0 Å². The average molecular weight is 522 g/mol. The van der Waals surface area contributed by atoms with Gasteiger partial charge in [0, 0.05) is 37.9 Å². The minimum atomic E-state index is -0.0995. The number of aryl methyl sites for hydroxylation is 1. The fourth-order valence-electron chi connectivity index (χ4n) is 4.70. The minimum absolute atomic E-state index is 0.0287. The number of morpholine rings is 1. The van der Waals surface area contributed by atoms with Crippen molar-refractivity contribution in [3.05, 3.63) is 75.3 Å². The number of carbonyl (C=O) groups is 2. The molecule has 1 saturated heterocycles. The predicted molar refractivity (Wildman–Crippen MR) is 140 cm³/mol. The molecule has 0 atom stereocenters. The zero-order valence-corrected chi connectivity index (χ0v) is 21.8. The Labute approximate surface area is 220 Å². The summed E-state index contributed by atoms with van der Waals surface area (Å²) in [7, 11) is 3.30. The molecular weight excluding hydrogens is 494 g/mol. The zero-order chi connectivity index (χ0) is 26.1. The number of nitrogens with one attached hydrogen (secondary N) is 1.